The highest BCUT2D eigenvalue weighted by Crippen LogP contribution is 2.22. The predicted octanol–water partition coefficient (Wildman–Crippen LogP) is 5.00. The minimum absolute atomic E-state index is 0.928. The molecule has 0 aliphatic carbocycles. The molecule has 0 spiro atoms. The van der Waals surface area contributed by atoms with E-state index in [0.29, 0.717) is 0 Å². The molecule has 0 aliphatic heterocycles. The fraction of sp³-hybridized carbons (Fsp3) is 0.111. The van der Waals surface area contributed by atoms with Crippen LogP contribution in [0.25, 0.3) is 22.6 Å². The minimum Gasteiger partial charge on any atom is -0.326 e. The van der Waals surface area contributed by atoms with Gasteiger partial charge in [0.05, 0.1) is 16.5 Å². The van der Waals surface area contributed by atoms with E-state index in [1.807, 2.05) is 67.4 Å². The van der Waals surface area contributed by atoms with Gasteiger partial charge in [-0.15, -0.1) is 11.3 Å². The Bertz CT molecular complexity index is 780. The molecule has 0 bridgehead atoms. The van der Waals surface area contributed by atoms with Gasteiger partial charge in [-0.3, -0.25) is 0 Å². The molecule has 0 saturated heterocycles. The molecule has 0 fully saturated rings. The third-order valence-electron chi connectivity index (χ3n) is 3.00. The predicted molar refractivity (Wildman–Crippen MR) is 96.0 cm³/mol. The van der Waals surface area contributed by atoms with E-state index >= 15 is 0 Å². The lowest BCUT2D eigenvalue weighted by molar-refractivity contribution is 0.953. The van der Waals surface area contributed by atoms with E-state index in [1.54, 1.807) is 17.4 Å². The third kappa shape index (κ3) is 3.80. The largest absolute Gasteiger partial charge is 0.326 e. The van der Waals surface area contributed by atoms with Crippen LogP contribution < -0.4 is 0 Å². The van der Waals surface area contributed by atoms with Gasteiger partial charge in [0.25, 0.3) is 0 Å². The average molecular weight is 309 g/mol. The second-order valence-electron chi connectivity index (χ2n) is 4.50. The average Bonchev–Trinajstić information content (AvgIpc) is 3.17. The van der Waals surface area contributed by atoms with Crippen LogP contribution in [0, 0.1) is 0 Å². The highest BCUT2D eigenvalue weighted by molar-refractivity contribution is 7.07. The second kappa shape index (κ2) is 8.10. The Hall–Kier alpha value is -2.46. The molecule has 0 atom stereocenters. The Morgan fingerprint density at radius 3 is 2.64 bits per heavy atom. The first-order valence-corrected chi connectivity index (χ1v) is 7.92. The molecule has 2 aromatic heterocycles. The van der Waals surface area contributed by atoms with Crippen molar-refractivity contribution in [2.75, 3.05) is 0 Å². The van der Waals surface area contributed by atoms with Gasteiger partial charge < -0.3 is 4.57 Å². The summed E-state index contributed by atoms with van der Waals surface area (Å²) >= 11 is 1.59. The summed E-state index contributed by atoms with van der Waals surface area (Å²) in [5.41, 5.74) is 4.93. The van der Waals surface area contributed by atoms with Gasteiger partial charge in [-0.1, -0.05) is 49.1 Å². The first kappa shape index (κ1) is 15.9. The number of hydrogen-bond donors (Lipinski definition) is 0. The monoisotopic (exact) mass is 309 g/mol. The smallest absolute Gasteiger partial charge is 0.160 e. The fourth-order valence-corrected chi connectivity index (χ4v) is 2.48. The summed E-state index contributed by atoms with van der Waals surface area (Å²) < 4.78 is 2.07. The molecule has 2 heterocycles. The number of imidazole rings is 1. The van der Waals surface area contributed by atoms with Crippen LogP contribution in [-0.4, -0.2) is 14.5 Å². The van der Waals surface area contributed by atoms with Crippen molar-refractivity contribution in [1.82, 2.24) is 14.5 Å². The maximum Gasteiger partial charge on any atom is 0.160 e. The number of rotatable bonds is 3. The summed E-state index contributed by atoms with van der Waals surface area (Å²) in [7, 11) is 2.02. The molecule has 0 radical (unpaired) electrons. The Kier molecular flexibility index (Phi) is 5.86. The minimum atomic E-state index is 0.928. The number of hydrogen-bond acceptors (Lipinski definition) is 3. The van der Waals surface area contributed by atoms with Gasteiger partial charge in [-0.2, -0.15) is 0 Å². The topological polar surface area (TPSA) is 30.7 Å². The standard InChI is InChI=1S/C11H9N3S.C7H10/c1-14-10-5-3-2-4-8(10)13-11(14)9-6-15-7-12-9;1-3-5-7-6-4-2/h2-7H,1H3;3-7H,1H2,2H3/b;6-4-,7-5-. The lowest BCUT2D eigenvalue weighted by atomic mass is 10.3. The highest BCUT2D eigenvalue weighted by atomic mass is 32.1. The van der Waals surface area contributed by atoms with Crippen molar-refractivity contribution in [3.8, 4) is 11.5 Å². The molecule has 112 valence electrons. The number of fused-ring (bicyclic) bond motifs is 1. The van der Waals surface area contributed by atoms with E-state index in [2.05, 4.69) is 27.2 Å². The van der Waals surface area contributed by atoms with E-state index in [1.165, 1.54) is 0 Å². The number of aromatic nitrogens is 3. The summed E-state index contributed by atoms with van der Waals surface area (Å²) in [6, 6.07) is 8.11. The summed E-state index contributed by atoms with van der Waals surface area (Å²) in [6.45, 7) is 5.49. The molecule has 1 aromatic carbocycles. The van der Waals surface area contributed by atoms with Crippen molar-refractivity contribution < 1.29 is 0 Å². The van der Waals surface area contributed by atoms with E-state index in [0.717, 1.165) is 22.6 Å². The van der Waals surface area contributed by atoms with E-state index in [4.69, 9.17) is 0 Å². The van der Waals surface area contributed by atoms with Crippen molar-refractivity contribution in [3.05, 3.63) is 72.1 Å². The molecule has 3 rings (SSSR count). The first-order valence-electron chi connectivity index (χ1n) is 6.98. The van der Waals surface area contributed by atoms with Gasteiger partial charge in [0.2, 0.25) is 0 Å². The van der Waals surface area contributed by atoms with E-state index in [9.17, 15) is 0 Å². The van der Waals surface area contributed by atoms with Crippen LogP contribution in [-0.2, 0) is 7.05 Å². The van der Waals surface area contributed by atoms with Crippen molar-refractivity contribution >= 4 is 22.4 Å². The first-order chi connectivity index (χ1) is 10.8. The number of nitrogens with zero attached hydrogens (tertiary/aromatic N) is 3. The van der Waals surface area contributed by atoms with Crippen LogP contribution in [0.2, 0.25) is 0 Å². The zero-order valence-corrected chi connectivity index (χ0v) is 13.6. The second-order valence-corrected chi connectivity index (χ2v) is 5.22. The number of aryl methyl sites for hydroxylation is 1. The molecule has 22 heavy (non-hydrogen) atoms. The number of benzene rings is 1. The molecule has 0 aliphatic rings. The molecule has 0 N–H and O–H groups in total. The number of thiazole rings is 1. The Morgan fingerprint density at radius 2 is 2.00 bits per heavy atom. The normalized spacial score (nSPS) is 11.0. The molecule has 3 nitrogen and oxygen atoms in total. The molecule has 0 unspecified atom stereocenters. The third-order valence-corrected chi connectivity index (χ3v) is 3.59. The quantitative estimate of drug-likeness (QED) is 0.637. The SMILES string of the molecule is C=C/C=C\C=C/C.Cn1c(-c2cscn2)nc2ccccc21. The lowest BCUT2D eigenvalue weighted by Crippen LogP contribution is -1.91. The molecule has 3 aromatic rings. The van der Waals surface area contributed by atoms with Gasteiger partial charge in [-0.05, 0) is 19.1 Å². The maximum atomic E-state index is 4.56. The highest BCUT2D eigenvalue weighted by Gasteiger charge is 2.09. The molecular weight excluding hydrogens is 290 g/mol. The summed E-state index contributed by atoms with van der Waals surface area (Å²) in [5.74, 6) is 0.928. The Labute approximate surface area is 135 Å². The summed E-state index contributed by atoms with van der Waals surface area (Å²) in [5, 5.41) is 2.02. The van der Waals surface area contributed by atoms with Gasteiger partial charge in [0.15, 0.2) is 5.82 Å². The van der Waals surface area contributed by atoms with Crippen molar-refractivity contribution in [3.63, 3.8) is 0 Å². The maximum absolute atomic E-state index is 4.56. The number of para-hydroxylation sites is 2. The van der Waals surface area contributed by atoms with Gasteiger partial charge in [0, 0.05) is 12.4 Å². The zero-order valence-electron chi connectivity index (χ0n) is 12.8. The van der Waals surface area contributed by atoms with E-state index < -0.39 is 0 Å². The molecular formula is C18H19N3S. The van der Waals surface area contributed by atoms with Gasteiger partial charge in [0.1, 0.15) is 5.69 Å². The Balaban J connectivity index is 0.000000217. The van der Waals surface area contributed by atoms with Gasteiger partial charge in [-0.25, -0.2) is 9.97 Å². The molecule has 0 amide bonds. The van der Waals surface area contributed by atoms with Crippen LogP contribution >= 0.6 is 11.3 Å². The van der Waals surface area contributed by atoms with Crippen molar-refractivity contribution in [2.24, 2.45) is 7.05 Å². The molecule has 4 heteroatoms. The van der Waals surface area contributed by atoms with Crippen molar-refractivity contribution in [1.29, 1.82) is 0 Å². The zero-order chi connectivity index (χ0) is 15.8. The molecule has 0 saturated carbocycles. The van der Waals surface area contributed by atoms with Crippen molar-refractivity contribution in [2.45, 2.75) is 6.92 Å². The van der Waals surface area contributed by atoms with E-state index in [-0.39, 0.29) is 0 Å². The lowest BCUT2D eigenvalue weighted by Gasteiger charge is -1.97. The van der Waals surface area contributed by atoms with Crippen LogP contribution in [0.1, 0.15) is 6.92 Å². The summed E-state index contributed by atoms with van der Waals surface area (Å²) in [4.78, 5) is 8.84. The summed E-state index contributed by atoms with van der Waals surface area (Å²) in [6.07, 6.45) is 9.51. The van der Waals surface area contributed by atoms with Gasteiger partial charge >= 0.3 is 0 Å². The van der Waals surface area contributed by atoms with Crippen LogP contribution in [0.4, 0.5) is 0 Å². The van der Waals surface area contributed by atoms with Crippen LogP contribution in [0.3, 0.4) is 0 Å². The van der Waals surface area contributed by atoms with Crippen LogP contribution in [0.15, 0.2) is 72.1 Å². The van der Waals surface area contributed by atoms with Crippen LogP contribution in [0.5, 0.6) is 0 Å². The number of allylic oxidation sites excluding steroid dienone is 5. The fourth-order valence-electron chi connectivity index (χ4n) is 1.95. The Morgan fingerprint density at radius 1 is 1.18 bits per heavy atom.